The number of amides is 1. The van der Waals surface area contributed by atoms with Crippen LogP contribution in [0.2, 0.25) is 0 Å². The van der Waals surface area contributed by atoms with Gasteiger partial charge in [-0.25, -0.2) is 4.98 Å². The van der Waals surface area contributed by atoms with Gasteiger partial charge in [0, 0.05) is 24.0 Å². The van der Waals surface area contributed by atoms with Crippen LogP contribution in [0.5, 0.6) is 0 Å². The number of aromatic nitrogens is 4. The zero-order chi connectivity index (χ0) is 17.6. The lowest BCUT2D eigenvalue weighted by Gasteiger charge is -2.18. The fraction of sp³-hybridized carbons (Fsp3) is 0.250. The first-order chi connectivity index (χ1) is 12.0. The fourth-order valence-electron chi connectivity index (χ4n) is 2.68. The van der Waals surface area contributed by atoms with Gasteiger partial charge in [0.15, 0.2) is 16.6 Å². The molecule has 0 aromatic carbocycles. The van der Waals surface area contributed by atoms with Crippen LogP contribution < -0.4 is 10.6 Å². The van der Waals surface area contributed by atoms with Crippen molar-refractivity contribution in [3.63, 3.8) is 0 Å². The topological polar surface area (TPSA) is 121 Å². The Kier molecular flexibility index (Phi) is 3.65. The molecule has 4 N–H and O–H groups in total. The quantitative estimate of drug-likeness (QED) is 0.586. The third-order valence-corrected chi connectivity index (χ3v) is 5.15. The highest BCUT2D eigenvalue weighted by Crippen LogP contribution is 2.42. The lowest BCUT2D eigenvalue weighted by Crippen LogP contribution is -2.19. The molecule has 1 aliphatic rings. The molecule has 0 unspecified atom stereocenters. The molecule has 3 aromatic heterocycles. The Morgan fingerprint density at radius 1 is 1.36 bits per heavy atom. The molecule has 0 atom stereocenters. The van der Waals surface area contributed by atoms with Crippen molar-refractivity contribution in [2.75, 3.05) is 4.90 Å². The monoisotopic (exact) mass is 356 g/mol. The summed E-state index contributed by atoms with van der Waals surface area (Å²) in [4.78, 5) is 33.6. The third kappa shape index (κ3) is 2.82. The van der Waals surface area contributed by atoms with Gasteiger partial charge in [-0.05, 0) is 25.8 Å². The van der Waals surface area contributed by atoms with Crippen LogP contribution in [0, 0.1) is 0 Å². The van der Waals surface area contributed by atoms with E-state index in [1.165, 1.54) is 18.3 Å². The Bertz CT molecular complexity index is 938. The normalized spacial score (nSPS) is 13.8. The number of primary amides is 1. The SMILES string of the molecule is CC(=O)c1c[nH]c(-c2sc(N(c3cn[nH]c3)C3CC3)nc2C(N)=O)c1. The van der Waals surface area contributed by atoms with E-state index in [-0.39, 0.29) is 11.5 Å². The van der Waals surface area contributed by atoms with Gasteiger partial charge in [0.1, 0.15) is 0 Å². The Labute approximate surface area is 147 Å². The molecule has 0 spiro atoms. The molecule has 3 heterocycles. The summed E-state index contributed by atoms with van der Waals surface area (Å²) in [7, 11) is 0. The maximum absolute atomic E-state index is 11.9. The Balaban J connectivity index is 1.79. The predicted molar refractivity (Wildman–Crippen MR) is 94.2 cm³/mol. The number of H-pyrrole nitrogens is 2. The van der Waals surface area contributed by atoms with Gasteiger partial charge in [0.25, 0.3) is 5.91 Å². The van der Waals surface area contributed by atoms with Gasteiger partial charge >= 0.3 is 0 Å². The molecular weight excluding hydrogens is 340 g/mol. The highest BCUT2D eigenvalue weighted by molar-refractivity contribution is 7.19. The second kappa shape index (κ2) is 5.85. The summed E-state index contributed by atoms with van der Waals surface area (Å²) in [5, 5.41) is 7.49. The second-order valence-electron chi connectivity index (χ2n) is 5.95. The van der Waals surface area contributed by atoms with Gasteiger partial charge in [0.05, 0.1) is 22.5 Å². The number of anilines is 2. The molecule has 25 heavy (non-hydrogen) atoms. The molecule has 1 saturated carbocycles. The van der Waals surface area contributed by atoms with Crippen molar-refractivity contribution in [3.8, 4) is 10.6 Å². The van der Waals surface area contributed by atoms with Gasteiger partial charge in [-0.15, -0.1) is 0 Å². The number of hydrogen-bond donors (Lipinski definition) is 3. The summed E-state index contributed by atoms with van der Waals surface area (Å²) in [6.45, 7) is 1.49. The van der Waals surface area contributed by atoms with Crippen LogP contribution in [0.25, 0.3) is 10.6 Å². The molecule has 0 radical (unpaired) electrons. The molecule has 4 rings (SSSR count). The van der Waals surface area contributed by atoms with Crippen LogP contribution in [0.15, 0.2) is 24.7 Å². The number of Topliss-reactive ketones (excluding diaryl/α,β-unsaturated/α-hetero) is 1. The molecule has 1 aliphatic carbocycles. The standard InChI is InChI=1S/C16H16N6O2S/c1-8(23)9-4-12(18-5-9)14-13(15(17)24)21-16(25-14)22(10-2-3-10)11-6-19-20-7-11/h4-7,10,18H,2-3H2,1H3,(H2,17,24)(H,19,20). The van der Waals surface area contributed by atoms with Crippen LogP contribution in [0.3, 0.4) is 0 Å². The summed E-state index contributed by atoms with van der Waals surface area (Å²) >= 11 is 1.37. The van der Waals surface area contributed by atoms with E-state index in [1.807, 2.05) is 0 Å². The number of rotatable bonds is 6. The van der Waals surface area contributed by atoms with E-state index in [9.17, 15) is 9.59 Å². The van der Waals surface area contributed by atoms with Crippen molar-refractivity contribution >= 4 is 33.8 Å². The average Bonchev–Trinajstić information content (AvgIpc) is 3.00. The predicted octanol–water partition coefficient (Wildman–Crippen LogP) is 2.46. The number of aromatic amines is 2. The first kappa shape index (κ1) is 15.6. The van der Waals surface area contributed by atoms with Gasteiger partial charge in [-0.3, -0.25) is 14.7 Å². The Hall–Kier alpha value is -2.94. The number of thiazole rings is 1. The molecule has 8 nitrogen and oxygen atoms in total. The van der Waals surface area contributed by atoms with E-state index in [2.05, 4.69) is 25.1 Å². The summed E-state index contributed by atoms with van der Waals surface area (Å²) in [6, 6.07) is 2.06. The number of nitrogens with two attached hydrogens (primary N) is 1. The van der Waals surface area contributed by atoms with Crippen LogP contribution in [-0.4, -0.2) is 37.9 Å². The molecule has 1 fully saturated rings. The minimum absolute atomic E-state index is 0.0501. The zero-order valence-corrected chi connectivity index (χ0v) is 14.3. The number of ketones is 1. The second-order valence-corrected chi connectivity index (χ2v) is 6.93. The van der Waals surface area contributed by atoms with Crippen molar-refractivity contribution in [3.05, 3.63) is 35.9 Å². The van der Waals surface area contributed by atoms with Crippen LogP contribution in [0.4, 0.5) is 10.8 Å². The van der Waals surface area contributed by atoms with E-state index in [0.717, 1.165) is 18.5 Å². The summed E-state index contributed by atoms with van der Waals surface area (Å²) in [5.74, 6) is -0.648. The van der Waals surface area contributed by atoms with Crippen LogP contribution >= 0.6 is 11.3 Å². The number of hydrogen-bond acceptors (Lipinski definition) is 6. The van der Waals surface area contributed by atoms with E-state index < -0.39 is 5.91 Å². The molecule has 1 amide bonds. The number of carbonyl (C=O) groups excluding carboxylic acids is 2. The van der Waals surface area contributed by atoms with E-state index in [0.29, 0.717) is 27.3 Å². The average molecular weight is 356 g/mol. The molecule has 3 aromatic rings. The van der Waals surface area contributed by atoms with Gasteiger partial charge in [-0.2, -0.15) is 5.10 Å². The highest BCUT2D eigenvalue weighted by atomic mass is 32.1. The summed E-state index contributed by atoms with van der Waals surface area (Å²) in [6.07, 6.45) is 7.26. The first-order valence-electron chi connectivity index (χ1n) is 7.83. The van der Waals surface area contributed by atoms with Crippen molar-refractivity contribution in [2.45, 2.75) is 25.8 Å². The van der Waals surface area contributed by atoms with Gasteiger partial charge in [-0.1, -0.05) is 11.3 Å². The molecule has 0 saturated heterocycles. The van der Waals surface area contributed by atoms with Crippen LogP contribution in [0.1, 0.15) is 40.6 Å². The van der Waals surface area contributed by atoms with E-state index in [1.54, 1.807) is 24.7 Å². The zero-order valence-electron chi connectivity index (χ0n) is 13.4. The van der Waals surface area contributed by atoms with Crippen molar-refractivity contribution in [1.29, 1.82) is 0 Å². The molecule has 128 valence electrons. The van der Waals surface area contributed by atoms with Crippen LogP contribution in [-0.2, 0) is 0 Å². The van der Waals surface area contributed by atoms with Crippen molar-refractivity contribution < 1.29 is 9.59 Å². The van der Waals surface area contributed by atoms with Gasteiger partial charge in [0.2, 0.25) is 0 Å². The molecular formula is C16H16N6O2S. The molecule has 0 bridgehead atoms. The number of nitrogens with one attached hydrogen (secondary N) is 2. The number of carbonyl (C=O) groups is 2. The smallest absolute Gasteiger partial charge is 0.268 e. The van der Waals surface area contributed by atoms with Crippen molar-refractivity contribution in [2.24, 2.45) is 5.73 Å². The Morgan fingerprint density at radius 3 is 2.72 bits per heavy atom. The lowest BCUT2D eigenvalue weighted by atomic mass is 10.2. The Morgan fingerprint density at radius 2 is 2.16 bits per heavy atom. The largest absolute Gasteiger partial charge is 0.364 e. The van der Waals surface area contributed by atoms with E-state index >= 15 is 0 Å². The highest BCUT2D eigenvalue weighted by Gasteiger charge is 2.34. The number of nitrogens with zero attached hydrogens (tertiary/aromatic N) is 3. The van der Waals surface area contributed by atoms with Gasteiger partial charge < -0.3 is 15.6 Å². The summed E-state index contributed by atoms with van der Waals surface area (Å²) < 4.78 is 0. The maximum atomic E-state index is 11.9. The van der Waals surface area contributed by atoms with E-state index in [4.69, 9.17) is 5.73 Å². The molecule has 9 heteroatoms. The third-order valence-electron chi connectivity index (χ3n) is 4.06. The first-order valence-corrected chi connectivity index (χ1v) is 8.64. The van der Waals surface area contributed by atoms with Crippen molar-refractivity contribution in [1.82, 2.24) is 20.2 Å². The maximum Gasteiger partial charge on any atom is 0.268 e. The minimum atomic E-state index is -0.598. The lowest BCUT2D eigenvalue weighted by molar-refractivity contribution is 0.0993. The summed E-state index contributed by atoms with van der Waals surface area (Å²) in [5.41, 5.74) is 7.84. The fourth-order valence-corrected chi connectivity index (χ4v) is 3.82. The minimum Gasteiger partial charge on any atom is -0.364 e. The molecule has 0 aliphatic heterocycles.